The Hall–Kier alpha value is -0.280. The molecule has 0 atom stereocenters. The minimum atomic E-state index is 0.731. The second-order valence-electron chi connectivity index (χ2n) is 3.24. The van der Waals surface area contributed by atoms with Crippen LogP contribution in [-0.4, -0.2) is 50.0 Å². The van der Waals surface area contributed by atoms with E-state index >= 15 is 0 Å². The maximum Gasteiger partial charge on any atom is 0.0620 e. The van der Waals surface area contributed by atoms with Gasteiger partial charge in [0, 0.05) is 19.7 Å². The van der Waals surface area contributed by atoms with Gasteiger partial charge in [-0.25, -0.2) is 4.99 Å². The van der Waals surface area contributed by atoms with Crippen LogP contribution in [0.25, 0.3) is 0 Å². The van der Waals surface area contributed by atoms with Crippen LogP contribution in [0.2, 0.25) is 0 Å². The van der Waals surface area contributed by atoms with Gasteiger partial charge in [0.15, 0.2) is 0 Å². The van der Waals surface area contributed by atoms with Crippen LogP contribution in [0, 0.1) is 0 Å². The van der Waals surface area contributed by atoms with Gasteiger partial charge in [0.2, 0.25) is 0 Å². The lowest BCUT2D eigenvalue weighted by atomic mass is 10.4. The van der Waals surface area contributed by atoms with Crippen molar-refractivity contribution in [1.82, 2.24) is 4.90 Å². The summed E-state index contributed by atoms with van der Waals surface area (Å²) in [4.78, 5) is 6.03. The summed E-state index contributed by atoms with van der Waals surface area (Å²) in [5.41, 5.74) is 0. The second kappa shape index (κ2) is 10.8. The minimum Gasteiger partial charge on any atom is -0.380 e. The van der Waals surface area contributed by atoms with Crippen molar-refractivity contribution in [2.75, 3.05) is 39.9 Å². The average Bonchev–Trinajstić information content (AvgIpc) is 2.18. The molecule has 0 N–H and O–H groups in total. The number of isothiocyanates is 1. The van der Waals surface area contributed by atoms with Crippen molar-refractivity contribution in [3.8, 4) is 0 Å². The zero-order valence-electron chi connectivity index (χ0n) is 9.16. The number of hydrogen-bond acceptors (Lipinski definition) is 4. The predicted octanol–water partition coefficient (Wildman–Crippen LogP) is 1.84. The predicted molar refractivity (Wildman–Crippen MR) is 63.1 cm³/mol. The van der Waals surface area contributed by atoms with Crippen LogP contribution in [0.1, 0.15) is 19.8 Å². The molecule has 0 rings (SSSR count). The fourth-order valence-corrected chi connectivity index (χ4v) is 1.04. The van der Waals surface area contributed by atoms with E-state index in [-0.39, 0.29) is 0 Å². The third kappa shape index (κ3) is 9.81. The lowest BCUT2D eigenvalue weighted by Crippen LogP contribution is -2.25. The molecule has 0 aliphatic heterocycles. The molecular formula is C10H20N2OS. The van der Waals surface area contributed by atoms with Crippen molar-refractivity contribution in [2.45, 2.75) is 19.8 Å². The number of ether oxygens (including phenoxy) is 1. The normalized spacial score (nSPS) is 10.2. The third-order valence-electron chi connectivity index (χ3n) is 1.92. The van der Waals surface area contributed by atoms with Crippen molar-refractivity contribution < 1.29 is 4.74 Å². The molecule has 0 radical (unpaired) electrons. The van der Waals surface area contributed by atoms with Gasteiger partial charge in [-0.15, -0.1) is 0 Å². The maximum absolute atomic E-state index is 5.44. The van der Waals surface area contributed by atoms with Crippen LogP contribution in [0.4, 0.5) is 0 Å². The summed E-state index contributed by atoms with van der Waals surface area (Å²) in [6.07, 6.45) is 2.35. The Kier molecular flexibility index (Phi) is 10.6. The van der Waals surface area contributed by atoms with E-state index in [1.165, 1.54) is 6.42 Å². The highest BCUT2D eigenvalue weighted by Gasteiger charge is 1.96. The third-order valence-corrected chi connectivity index (χ3v) is 2.05. The van der Waals surface area contributed by atoms with Gasteiger partial charge in [-0.3, -0.25) is 0 Å². The Bertz CT molecular complexity index is 170. The molecule has 0 aliphatic carbocycles. The molecule has 0 aromatic rings. The van der Waals surface area contributed by atoms with Gasteiger partial charge in [-0.05, 0) is 25.7 Å². The SMILES string of the molecule is CCCCOCCN(C)CCN=C=S. The summed E-state index contributed by atoms with van der Waals surface area (Å²) < 4.78 is 5.44. The number of hydrogen-bond donors (Lipinski definition) is 0. The number of unbranched alkanes of at least 4 members (excludes halogenated alkanes) is 1. The van der Waals surface area contributed by atoms with Crippen LogP contribution in [0.15, 0.2) is 4.99 Å². The van der Waals surface area contributed by atoms with E-state index in [9.17, 15) is 0 Å². The number of rotatable bonds is 9. The number of thiocarbonyl (C=S) groups is 1. The van der Waals surface area contributed by atoms with Gasteiger partial charge in [-0.1, -0.05) is 13.3 Å². The fraction of sp³-hybridized carbons (Fsp3) is 0.900. The van der Waals surface area contributed by atoms with E-state index in [1.54, 1.807) is 0 Å². The summed E-state index contributed by atoms with van der Waals surface area (Å²) in [5.74, 6) is 0. The largest absolute Gasteiger partial charge is 0.380 e. The molecule has 0 aromatic carbocycles. The van der Waals surface area contributed by atoms with Crippen molar-refractivity contribution >= 4 is 17.4 Å². The molecule has 0 saturated heterocycles. The summed E-state index contributed by atoms with van der Waals surface area (Å²) in [6, 6.07) is 0. The molecule has 14 heavy (non-hydrogen) atoms. The van der Waals surface area contributed by atoms with Crippen LogP contribution in [0.5, 0.6) is 0 Å². The van der Waals surface area contributed by atoms with Gasteiger partial charge in [0.25, 0.3) is 0 Å². The van der Waals surface area contributed by atoms with E-state index in [0.717, 1.165) is 39.3 Å². The molecule has 0 heterocycles. The van der Waals surface area contributed by atoms with Crippen molar-refractivity contribution in [3.05, 3.63) is 0 Å². The average molecular weight is 216 g/mol. The Labute approximate surface area is 92.2 Å². The van der Waals surface area contributed by atoms with Crippen LogP contribution < -0.4 is 0 Å². The van der Waals surface area contributed by atoms with Crippen molar-refractivity contribution in [1.29, 1.82) is 0 Å². The molecule has 0 bridgehead atoms. The van der Waals surface area contributed by atoms with E-state index in [4.69, 9.17) is 4.74 Å². The molecular weight excluding hydrogens is 196 g/mol. The lowest BCUT2D eigenvalue weighted by Gasteiger charge is -2.14. The first-order valence-electron chi connectivity index (χ1n) is 5.11. The van der Waals surface area contributed by atoms with Gasteiger partial charge in [0.1, 0.15) is 0 Å². The number of nitrogens with zero attached hydrogens (tertiary/aromatic N) is 2. The molecule has 82 valence electrons. The van der Waals surface area contributed by atoms with Crippen LogP contribution in [0.3, 0.4) is 0 Å². The van der Waals surface area contributed by atoms with E-state index in [1.807, 2.05) is 0 Å². The number of likely N-dealkylation sites (N-methyl/N-ethyl adjacent to an activating group) is 1. The van der Waals surface area contributed by atoms with Gasteiger partial charge >= 0.3 is 0 Å². The van der Waals surface area contributed by atoms with Gasteiger partial charge < -0.3 is 9.64 Å². The zero-order valence-corrected chi connectivity index (χ0v) is 9.98. The smallest absolute Gasteiger partial charge is 0.0620 e. The quantitative estimate of drug-likeness (QED) is 0.334. The van der Waals surface area contributed by atoms with Crippen molar-refractivity contribution in [2.24, 2.45) is 4.99 Å². The Morgan fingerprint density at radius 2 is 2.14 bits per heavy atom. The van der Waals surface area contributed by atoms with Crippen molar-refractivity contribution in [3.63, 3.8) is 0 Å². The molecule has 0 aromatic heterocycles. The molecule has 0 spiro atoms. The fourth-order valence-electron chi connectivity index (χ4n) is 0.947. The Morgan fingerprint density at radius 1 is 1.36 bits per heavy atom. The summed E-state index contributed by atoms with van der Waals surface area (Å²) >= 11 is 4.48. The highest BCUT2D eigenvalue weighted by molar-refractivity contribution is 7.78. The topological polar surface area (TPSA) is 24.8 Å². The highest BCUT2D eigenvalue weighted by Crippen LogP contribution is 1.89. The highest BCUT2D eigenvalue weighted by atomic mass is 32.1. The molecule has 0 saturated carbocycles. The first kappa shape index (κ1) is 13.7. The molecule has 0 unspecified atom stereocenters. The van der Waals surface area contributed by atoms with E-state index in [0.29, 0.717) is 0 Å². The number of aliphatic imine (C=N–C) groups is 1. The standard InChI is InChI=1S/C10H20N2OS/c1-3-4-8-13-9-7-12(2)6-5-11-10-14/h3-9H2,1-2H3. The van der Waals surface area contributed by atoms with Crippen LogP contribution in [-0.2, 0) is 4.74 Å². The molecule has 3 nitrogen and oxygen atoms in total. The first-order chi connectivity index (χ1) is 6.81. The molecule has 4 heteroatoms. The summed E-state index contributed by atoms with van der Waals surface area (Å²) in [7, 11) is 2.06. The second-order valence-corrected chi connectivity index (χ2v) is 3.42. The zero-order chi connectivity index (χ0) is 10.6. The van der Waals surface area contributed by atoms with Gasteiger partial charge in [0.05, 0.1) is 18.3 Å². The molecule has 0 fully saturated rings. The molecule has 0 aliphatic rings. The lowest BCUT2D eigenvalue weighted by molar-refractivity contribution is 0.110. The summed E-state index contributed by atoms with van der Waals surface area (Å²) in [6.45, 7) is 6.45. The maximum atomic E-state index is 5.44. The molecule has 0 amide bonds. The Morgan fingerprint density at radius 3 is 2.79 bits per heavy atom. The van der Waals surface area contributed by atoms with Gasteiger partial charge in [-0.2, -0.15) is 0 Å². The van der Waals surface area contributed by atoms with Crippen LogP contribution >= 0.6 is 12.2 Å². The first-order valence-corrected chi connectivity index (χ1v) is 5.52. The summed E-state index contributed by atoms with van der Waals surface area (Å²) in [5, 5.41) is 2.36. The minimum absolute atomic E-state index is 0.731. The van der Waals surface area contributed by atoms with E-state index < -0.39 is 0 Å². The Balaban J connectivity index is 3.17. The van der Waals surface area contributed by atoms with E-state index in [2.05, 4.69) is 41.2 Å². The monoisotopic (exact) mass is 216 g/mol.